The number of aromatic amines is 4. The fourth-order valence-corrected chi connectivity index (χ4v) is 4.28. The molecule has 25 nitrogen and oxygen atoms in total. The van der Waals surface area contributed by atoms with Crippen LogP contribution in [0.2, 0.25) is 0 Å². The number of nitrogens with one attached hydrogen (secondary N) is 4. The van der Waals surface area contributed by atoms with Gasteiger partial charge >= 0.3 is 0 Å². The maximum atomic E-state index is 4.58. The van der Waals surface area contributed by atoms with Gasteiger partial charge in [-0.15, -0.1) is 43.1 Å². The third-order valence-corrected chi connectivity index (χ3v) is 7.55. The van der Waals surface area contributed by atoms with E-state index in [9.17, 15) is 0 Å². The van der Waals surface area contributed by atoms with Crippen molar-refractivity contribution in [1.82, 2.24) is 99.7 Å². The Bertz CT molecular complexity index is 1600. The Kier molecular flexibility index (Phi) is 47.2. The summed E-state index contributed by atoms with van der Waals surface area (Å²) >= 11 is 7.62. The smallest absolute Gasteiger partial charge is 0.213 e. The highest BCUT2D eigenvalue weighted by atomic mass is 32.1. The van der Waals surface area contributed by atoms with Crippen LogP contribution in [0.15, 0.2) is 265 Å². The van der Waals surface area contributed by atoms with Crippen LogP contribution in [0.5, 0.6) is 0 Å². The van der Waals surface area contributed by atoms with Gasteiger partial charge in [-0.1, -0.05) is 22.4 Å². The highest BCUT2D eigenvalue weighted by molar-refractivity contribution is 7.08. The van der Waals surface area contributed by atoms with Gasteiger partial charge < -0.3 is 32.3 Å². The molecule has 364 valence electrons. The molecule has 70 heavy (non-hydrogen) atoms. The molecular weight excluding hydrogens is 1000 g/mol. The molecule has 0 radical (unpaired) electrons. The molecule has 14 aromatic heterocycles. The molecule has 14 rings (SSSR count). The predicted octanol–water partition coefficient (Wildman–Crippen LogP) is 9.52. The Morgan fingerprint density at radius 2 is 1.21 bits per heavy atom. The number of rotatable bonds is 0. The van der Waals surface area contributed by atoms with Gasteiger partial charge in [-0.2, -0.15) is 25.9 Å². The highest BCUT2D eigenvalue weighted by Gasteiger charge is 1.65. The zero-order valence-electron chi connectivity index (χ0n) is 36.3. The quantitative estimate of drug-likeness (QED) is 0.110. The first-order valence-electron chi connectivity index (χ1n) is 18.8. The van der Waals surface area contributed by atoms with Crippen LogP contribution in [0, 0.1) is 0 Å². The topological polar surface area (TPSA) is 335 Å². The summed E-state index contributed by atoms with van der Waals surface area (Å²) < 4.78 is 29.4. The van der Waals surface area contributed by atoms with Gasteiger partial charge in [0.05, 0.1) is 36.8 Å². The number of imidazole rings is 1. The van der Waals surface area contributed by atoms with E-state index in [0.717, 1.165) is 0 Å². The largest absolute Gasteiger partial charge is 0.473 e. The van der Waals surface area contributed by atoms with Crippen LogP contribution in [0.4, 0.5) is 0 Å². The monoisotopic (exact) mass is 1040 g/mol. The first-order chi connectivity index (χ1) is 35.0. The molecule has 0 aromatic carbocycles. The van der Waals surface area contributed by atoms with E-state index >= 15 is 0 Å². The molecule has 0 unspecified atom stereocenters. The van der Waals surface area contributed by atoms with Crippen LogP contribution < -0.4 is 0 Å². The number of furan rings is 1. The van der Waals surface area contributed by atoms with Gasteiger partial charge in [0.15, 0.2) is 12.7 Å². The van der Waals surface area contributed by atoms with E-state index in [1.165, 1.54) is 97.8 Å². The standard InChI is InChI=1S/C4H5N.C4H4O.C4H4S.2C3H4N2.2C3H3NO.2C3H3NS.C2H3N3.2C2H2N2O.2C2H2N2S/c3*1-2-4-5-3-1;1-2-5-3-4-1;1-2-4-5-3-1;1-2-5-3-4-1;1-2-4-5-3-1;1-2-5-3-4-1;1-2-4-5-3-1;1-3-2-5-4-1;1-3-4-2-5-1;1-3-2-5-4-1;1-3-4-2-5-1;1-3-2-5-4-1/h1-5H;2*1-4H;2*1-3H,(H,4,5);4*1-3H;1-2H,(H,3,4,5);4*1-2H. The van der Waals surface area contributed by atoms with E-state index in [4.69, 9.17) is 0 Å². The molecule has 14 aromatic rings. The van der Waals surface area contributed by atoms with E-state index in [1.807, 2.05) is 82.4 Å². The molecule has 14 heterocycles. The van der Waals surface area contributed by atoms with Crippen LogP contribution in [-0.2, 0) is 0 Å². The predicted molar refractivity (Wildman–Crippen MR) is 263 cm³/mol. The van der Waals surface area contributed by atoms with Gasteiger partial charge in [0.1, 0.15) is 48.0 Å². The first-order valence-corrected chi connectivity index (χ1v) is 23.3. The maximum absolute atomic E-state index is 4.58. The number of oxazole rings is 1. The van der Waals surface area contributed by atoms with Crippen molar-refractivity contribution in [2.45, 2.75) is 0 Å². The zero-order chi connectivity index (χ0) is 49.5. The van der Waals surface area contributed by atoms with Crippen molar-refractivity contribution < 1.29 is 22.3 Å². The third kappa shape index (κ3) is 53.2. The average molecular weight is 1050 g/mol. The fourth-order valence-electron chi connectivity index (χ4n) is 2.58. The van der Waals surface area contributed by atoms with Crippen molar-refractivity contribution in [3.8, 4) is 0 Å². The lowest BCUT2D eigenvalue weighted by Gasteiger charge is -1.50. The Balaban J connectivity index is 0.000000377. The van der Waals surface area contributed by atoms with E-state index in [0.29, 0.717) is 0 Å². The van der Waals surface area contributed by atoms with E-state index < -0.39 is 0 Å². The lowest BCUT2D eigenvalue weighted by molar-refractivity contribution is 0.416. The van der Waals surface area contributed by atoms with Gasteiger partial charge in [-0.3, -0.25) is 15.2 Å². The number of thiophene rings is 1. The molecular formula is C40H44N20O5S5. The second kappa shape index (κ2) is 56.0. The minimum Gasteiger partial charge on any atom is -0.473 e. The third-order valence-electron chi connectivity index (χ3n) is 5.01. The summed E-state index contributed by atoms with van der Waals surface area (Å²) in [5.74, 6) is 0. The molecule has 0 aliphatic carbocycles. The SMILES string of the molecule is c1c[nH]cn1.c1cc[nH]c1.c1ccoc1.c1ccsc1.c1cn[nH]c1.c1cnoc1.c1cnsc1.c1cocn1.c1cscn1.c1nc[nH]n1.c1ncon1.c1ncsn1.c1nnco1.c1nncs1. The fraction of sp³-hybridized carbons (Fsp3) is 0. The number of thiazole rings is 1. The van der Waals surface area contributed by atoms with Crippen LogP contribution in [0.3, 0.4) is 0 Å². The maximum Gasteiger partial charge on any atom is 0.213 e. The van der Waals surface area contributed by atoms with Crippen molar-refractivity contribution in [3.05, 3.63) is 242 Å². The molecule has 0 spiro atoms. The highest BCUT2D eigenvalue weighted by Crippen LogP contribution is 1.91. The van der Waals surface area contributed by atoms with Crippen molar-refractivity contribution in [2.75, 3.05) is 0 Å². The van der Waals surface area contributed by atoms with Crippen molar-refractivity contribution in [1.29, 1.82) is 0 Å². The molecule has 0 bridgehead atoms. The Morgan fingerprint density at radius 1 is 0.357 bits per heavy atom. The Labute approximate surface area is 419 Å². The molecule has 0 saturated heterocycles. The molecule has 0 amide bonds. The van der Waals surface area contributed by atoms with Gasteiger partial charge in [0, 0.05) is 60.3 Å². The number of H-pyrrole nitrogens is 4. The number of hydrogen-bond donors (Lipinski definition) is 4. The van der Waals surface area contributed by atoms with Gasteiger partial charge in [-0.25, -0.2) is 29.3 Å². The summed E-state index contributed by atoms with van der Waals surface area (Å²) in [6.07, 6.45) is 36.2. The molecule has 0 atom stereocenters. The molecule has 0 aliphatic rings. The zero-order valence-corrected chi connectivity index (χ0v) is 40.4. The summed E-state index contributed by atoms with van der Waals surface area (Å²) in [6.45, 7) is 0. The second-order valence-electron chi connectivity index (χ2n) is 9.70. The minimum atomic E-state index is 1.26. The Hall–Kier alpha value is -9.10. The lowest BCUT2D eigenvalue weighted by atomic mass is 10.7. The van der Waals surface area contributed by atoms with Crippen molar-refractivity contribution >= 4 is 57.1 Å². The molecule has 4 N–H and O–H groups in total. The van der Waals surface area contributed by atoms with Crippen LogP contribution in [-0.4, -0.2) is 99.7 Å². The average Bonchev–Trinajstić information content (AvgIpc) is 4.33. The summed E-state index contributed by atoms with van der Waals surface area (Å²) in [7, 11) is 0. The van der Waals surface area contributed by atoms with Crippen LogP contribution in [0.1, 0.15) is 0 Å². The molecule has 0 fully saturated rings. The summed E-state index contributed by atoms with van der Waals surface area (Å²) in [6, 6.07) is 17.1. The second-order valence-corrected chi connectivity index (χ2v) is 13.3. The lowest BCUT2D eigenvalue weighted by Crippen LogP contribution is -1.53. The van der Waals surface area contributed by atoms with Crippen LogP contribution in [0.25, 0.3) is 0 Å². The molecule has 0 saturated carbocycles. The van der Waals surface area contributed by atoms with Crippen molar-refractivity contribution in [3.63, 3.8) is 0 Å². The number of aromatic nitrogens is 20. The number of nitrogens with zero attached hydrogens (tertiary/aromatic N) is 16. The summed E-state index contributed by atoms with van der Waals surface area (Å²) in [5, 5.41) is 40.3. The molecule has 0 aliphatic heterocycles. The normalized spacial score (nSPS) is 8.00. The van der Waals surface area contributed by atoms with Crippen molar-refractivity contribution in [2.24, 2.45) is 0 Å². The van der Waals surface area contributed by atoms with E-state index in [2.05, 4.69) is 122 Å². The first kappa shape index (κ1) is 58.9. The van der Waals surface area contributed by atoms with E-state index in [-0.39, 0.29) is 0 Å². The Morgan fingerprint density at radius 3 is 1.41 bits per heavy atom. The van der Waals surface area contributed by atoms with Gasteiger partial charge in [0.2, 0.25) is 19.2 Å². The summed E-state index contributed by atoms with van der Waals surface area (Å²) in [4.78, 5) is 27.2. The van der Waals surface area contributed by atoms with Gasteiger partial charge in [-0.05, 0) is 76.3 Å². The van der Waals surface area contributed by atoms with E-state index in [1.54, 1.807) is 119 Å². The minimum absolute atomic E-state index is 1.26. The molecule has 30 heteroatoms. The van der Waals surface area contributed by atoms with Gasteiger partial charge in [0.25, 0.3) is 0 Å². The van der Waals surface area contributed by atoms with Crippen LogP contribution >= 0.6 is 57.1 Å². The number of hydrogen-bond acceptors (Lipinski definition) is 26. The summed E-state index contributed by atoms with van der Waals surface area (Å²) in [5.41, 5.74) is 6.83.